The first-order valence-electron chi connectivity index (χ1n) is 10.6. The summed E-state index contributed by atoms with van der Waals surface area (Å²) in [5, 5.41) is 4.03. The van der Waals surface area contributed by atoms with Crippen LogP contribution < -0.4 is 15.0 Å². The molecular weight excluding hydrogens is 408 g/mol. The highest BCUT2D eigenvalue weighted by atomic mass is 32.1. The maximum Gasteiger partial charge on any atom is 0.244 e. The molecule has 1 aliphatic rings. The van der Waals surface area contributed by atoms with Crippen molar-refractivity contribution in [1.82, 2.24) is 15.2 Å². The molecule has 1 fully saturated rings. The number of hydrogen-bond donors (Lipinski definition) is 1. The number of hydrogen-bond acceptors (Lipinski definition) is 6. The fourth-order valence-electron chi connectivity index (χ4n) is 3.69. The number of methoxy groups -OCH3 is 1. The number of rotatable bonds is 7. The summed E-state index contributed by atoms with van der Waals surface area (Å²) < 4.78 is 6.68. The molecule has 0 unspecified atom stereocenters. The smallest absolute Gasteiger partial charge is 0.244 e. The Labute approximate surface area is 187 Å². The van der Waals surface area contributed by atoms with E-state index in [0.29, 0.717) is 6.54 Å². The van der Waals surface area contributed by atoms with Gasteiger partial charge < -0.3 is 15.0 Å². The molecule has 2 heterocycles. The quantitative estimate of drug-likeness (QED) is 0.574. The monoisotopic (exact) mass is 436 g/mol. The third-order valence-corrected chi connectivity index (χ3v) is 6.76. The number of nitrogens with zero attached hydrogens (tertiary/aromatic N) is 3. The molecule has 0 bridgehead atoms. The summed E-state index contributed by atoms with van der Waals surface area (Å²) in [4.78, 5) is 21.6. The van der Waals surface area contributed by atoms with Crippen molar-refractivity contribution in [3.05, 3.63) is 59.7 Å². The van der Waals surface area contributed by atoms with Gasteiger partial charge in [0.2, 0.25) is 5.91 Å². The number of amides is 1. The Hall–Kier alpha value is -2.90. The predicted molar refractivity (Wildman–Crippen MR) is 128 cm³/mol. The third-order valence-electron chi connectivity index (χ3n) is 5.51. The average Bonchev–Trinajstić information content (AvgIpc) is 3.26. The minimum absolute atomic E-state index is 0.0544. The number of thiazole rings is 1. The molecule has 31 heavy (non-hydrogen) atoms. The lowest BCUT2D eigenvalue weighted by Gasteiger charge is -2.34. The normalized spacial score (nSPS) is 15.0. The number of piperazine rings is 1. The van der Waals surface area contributed by atoms with Crippen molar-refractivity contribution < 1.29 is 9.53 Å². The van der Waals surface area contributed by atoms with Crippen molar-refractivity contribution in [2.45, 2.75) is 6.92 Å². The van der Waals surface area contributed by atoms with Crippen LogP contribution in [-0.2, 0) is 4.79 Å². The molecular formula is C24H28N4O2S. The lowest BCUT2D eigenvalue weighted by molar-refractivity contribution is -0.116. The lowest BCUT2D eigenvalue weighted by Crippen LogP contribution is -2.48. The van der Waals surface area contributed by atoms with Gasteiger partial charge in [-0.2, -0.15) is 0 Å². The summed E-state index contributed by atoms with van der Waals surface area (Å²) in [6.07, 6.45) is 3.43. The summed E-state index contributed by atoms with van der Waals surface area (Å²) in [6, 6.07) is 13.9. The predicted octanol–water partition coefficient (Wildman–Crippen LogP) is 3.56. The Morgan fingerprint density at radius 1 is 1.16 bits per heavy atom. The average molecular weight is 437 g/mol. The zero-order valence-corrected chi connectivity index (χ0v) is 18.8. The number of benzene rings is 2. The van der Waals surface area contributed by atoms with Gasteiger partial charge in [-0.05, 0) is 30.2 Å². The van der Waals surface area contributed by atoms with E-state index >= 15 is 0 Å². The van der Waals surface area contributed by atoms with Crippen molar-refractivity contribution in [2.75, 3.05) is 51.3 Å². The number of fused-ring (bicyclic) bond motifs is 1. The molecule has 162 valence electrons. The SMILES string of the molecule is COc1ccc(C)c2sc(N3CCN(CCNC(=O)/C=C/c4ccccc4)CC3)nc12. The summed E-state index contributed by atoms with van der Waals surface area (Å²) >= 11 is 1.74. The summed E-state index contributed by atoms with van der Waals surface area (Å²) in [7, 11) is 1.69. The maximum absolute atomic E-state index is 12.0. The fourth-order valence-corrected chi connectivity index (χ4v) is 4.80. The Morgan fingerprint density at radius 3 is 2.68 bits per heavy atom. The molecule has 4 rings (SSSR count). The molecule has 1 aromatic heterocycles. The standard InChI is InChI=1S/C24H28N4O2S/c1-18-8-10-20(30-2)22-23(18)31-24(26-22)28-16-14-27(15-17-28)13-12-25-21(29)11-9-19-6-4-3-5-7-19/h3-11H,12-17H2,1-2H3,(H,25,29)/b11-9+. The number of nitrogens with one attached hydrogen (secondary N) is 1. The first kappa shape index (κ1) is 21.3. The molecule has 1 amide bonds. The van der Waals surface area contributed by atoms with E-state index in [0.717, 1.165) is 54.7 Å². The van der Waals surface area contributed by atoms with E-state index in [9.17, 15) is 4.79 Å². The van der Waals surface area contributed by atoms with Gasteiger partial charge >= 0.3 is 0 Å². The Balaban J connectivity index is 1.25. The summed E-state index contributed by atoms with van der Waals surface area (Å²) in [6.45, 7) is 7.40. The van der Waals surface area contributed by atoms with Crippen molar-refractivity contribution in [3.63, 3.8) is 0 Å². The second-order valence-corrected chi connectivity index (χ2v) is 8.60. The Bertz CT molecular complexity index is 1060. The van der Waals surface area contributed by atoms with Gasteiger partial charge in [-0.1, -0.05) is 47.7 Å². The molecule has 1 aliphatic heterocycles. The molecule has 3 aromatic rings. The van der Waals surface area contributed by atoms with Gasteiger partial charge in [-0.3, -0.25) is 9.69 Å². The van der Waals surface area contributed by atoms with E-state index in [1.165, 1.54) is 10.3 Å². The highest BCUT2D eigenvalue weighted by molar-refractivity contribution is 7.22. The molecule has 7 heteroatoms. The van der Waals surface area contributed by atoms with Crippen LogP contribution in [0.2, 0.25) is 0 Å². The number of aromatic nitrogens is 1. The van der Waals surface area contributed by atoms with E-state index in [1.54, 1.807) is 24.5 Å². The van der Waals surface area contributed by atoms with Crippen molar-refractivity contribution in [1.29, 1.82) is 0 Å². The maximum atomic E-state index is 12.0. The lowest BCUT2D eigenvalue weighted by atomic mass is 10.2. The molecule has 2 aromatic carbocycles. The topological polar surface area (TPSA) is 57.7 Å². The Morgan fingerprint density at radius 2 is 1.94 bits per heavy atom. The highest BCUT2D eigenvalue weighted by Gasteiger charge is 2.21. The van der Waals surface area contributed by atoms with E-state index in [4.69, 9.17) is 9.72 Å². The van der Waals surface area contributed by atoms with E-state index in [-0.39, 0.29) is 5.91 Å². The molecule has 1 N–H and O–H groups in total. The number of aryl methyl sites for hydroxylation is 1. The van der Waals surface area contributed by atoms with Gasteiger partial charge in [-0.15, -0.1) is 0 Å². The second-order valence-electron chi connectivity index (χ2n) is 7.62. The summed E-state index contributed by atoms with van der Waals surface area (Å²) in [5.41, 5.74) is 3.21. The van der Waals surface area contributed by atoms with Gasteiger partial charge in [0.15, 0.2) is 5.13 Å². The van der Waals surface area contributed by atoms with E-state index < -0.39 is 0 Å². The minimum atomic E-state index is -0.0544. The molecule has 0 aliphatic carbocycles. The van der Waals surface area contributed by atoms with Gasteiger partial charge in [0, 0.05) is 45.3 Å². The highest BCUT2D eigenvalue weighted by Crippen LogP contribution is 2.36. The minimum Gasteiger partial charge on any atom is -0.494 e. The van der Waals surface area contributed by atoms with Crippen LogP contribution in [0.3, 0.4) is 0 Å². The number of carbonyl (C=O) groups is 1. The van der Waals surface area contributed by atoms with Crippen molar-refractivity contribution in [2.24, 2.45) is 0 Å². The van der Waals surface area contributed by atoms with Crippen LogP contribution >= 0.6 is 11.3 Å². The molecule has 0 radical (unpaired) electrons. The molecule has 0 atom stereocenters. The van der Waals surface area contributed by atoms with Gasteiger partial charge in [-0.25, -0.2) is 4.98 Å². The van der Waals surface area contributed by atoms with Crippen LogP contribution in [0.25, 0.3) is 16.3 Å². The first-order valence-corrected chi connectivity index (χ1v) is 11.4. The summed E-state index contributed by atoms with van der Waals surface area (Å²) in [5.74, 6) is 0.778. The van der Waals surface area contributed by atoms with E-state index in [2.05, 4.69) is 28.1 Å². The van der Waals surface area contributed by atoms with Crippen molar-refractivity contribution in [3.8, 4) is 5.75 Å². The van der Waals surface area contributed by atoms with Crippen LogP contribution in [0.15, 0.2) is 48.5 Å². The van der Waals surface area contributed by atoms with Gasteiger partial charge in [0.1, 0.15) is 11.3 Å². The second kappa shape index (κ2) is 9.94. The molecule has 1 saturated heterocycles. The number of ether oxygens (including phenoxy) is 1. The largest absolute Gasteiger partial charge is 0.494 e. The van der Waals surface area contributed by atoms with E-state index in [1.807, 2.05) is 42.5 Å². The van der Waals surface area contributed by atoms with Crippen LogP contribution in [0.4, 0.5) is 5.13 Å². The van der Waals surface area contributed by atoms with Crippen LogP contribution in [0.1, 0.15) is 11.1 Å². The number of anilines is 1. The van der Waals surface area contributed by atoms with Crippen molar-refractivity contribution >= 4 is 38.7 Å². The zero-order chi connectivity index (χ0) is 21.6. The van der Waals surface area contributed by atoms with Gasteiger partial charge in [0.25, 0.3) is 0 Å². The molecule has 0 saturated carbocycles. The van der Waals surface area contributed by atoms with Crippen LogP contribution in [0.5, 0.6) is 5.75 Å². The van der Waals surface area contributed by atoms with Gasteiger partial charge in [0.05, 0.1) is 11.8 Å². The third kappa shape index (κ3) is 5.24. The van der Waals surface area contributed by atoms with Crippen LogP contribution in [-0.4, -0.2) is 62.2 Å². The fraction of sp³-hybridized carbons (Fsp3) is 0.333. The first-order chi connectivity index (χ1) is 15.1. The Kier molecular flexibility index (Phi) is 6.84. The number of carbonyl (C=O) groups excluding carboxylic acids is 1. The molecule has 0 spiro atoms. The molecule has 6 nitrogen and oxygen atoms in total. The zero-order valence-electron chi connectivity index (χ0n) is 18.0. The van der Waals surface area contributed by atoms with Crippen LogP contribution in [0, 0.1) is 6.92 Å².